The van der Waals surface area contributed by atoms with Crippen molar-refractivity contribution in [3.63, 3.8) is 0 Å². The number of pyridine rings is 1. The van der Waals surface area contributed by atoms with E-state index in [4.69, 9.17) is 0 Å². The number of rotatable bonds is 4. The molecule has 132 valence electrons. The number of hydrazone groups is 1. The zero-order valence-corrected chi connectivity index (χ0v) is 15.6. The maximum Gasteiger partial charge on any atom is 0.337 e. The van der Waals surface area contributed by atoms with Crippen LogP contribution in [0, 0.1) is 6.92 Å². The number of nitrogens with one attached hydrogen (secondary N) is 1. The molecule has 0 bridgehead atoms. The summed E-state index contributed by atoms with van der Waals surface area (Å²) in [4.78, 5) is 28.2. The molecule has 0 aliphatic rings. The number of aryl methyl sites for hydroxylation is 1. The van der Waals surface area contributed by atoms with Gasteiger partial charge in [-0.25, -0.2) is 15.2 Å². The molecular weight excluding hydrogens is 400 g/mol. The minimum atomic E-state index is -0.406. The van der Waals surface area contributed by atoms with Crippen LogP contribution >= 0.6 is 15.9 Å². The van der Waals surface area contributed by atoms with Gasteiger partial charge in [0.15, 0.2) is 0 Å². The van der Waals surface area contributed by atoms with E-state index in [1.807, 2.05) is 12.1 Å². The van der Waals surface area contributed by atoms with Crippen molar-refractivity contribution in [2.75, 3.05) is 7.11 Å². The highest BCUT2D eigenvalue weighted by Gasteiger charge is 2.16. The highest BCUT2D eigenvalue weighted by atomic mass is 79.9. The molecule has 3 aromatic rings. The first-order valence-corrected chi connectivity index (χ1v) is 8.45. The summed E-state index contributed by atoms with van der Waals surface area (Å²) in [7, 11) is 1.33. The van der Waals surface area contributed by atoms with E-state index in [-0.39, 0.29) is 5.91 Å². The third kappa shape index (κ3) is 3.65. The van der Waals surface area contributed by atoms with Gasteiger partial charge >= 0.3 is 5.97 Å². The second kappa shape index (κ2) is 7.49. The first-order chi connectivity index (χ1) is 12.5. The molecule has 1 aromatic carbocycles. The monoisotopic (exact) mass is 414 g/mol. The minimum absolute atomic E-state index is 0.365. The molecule has 0 spiro atoms. The Bertz CT molecular complexity index is 1010. The van der Waals surface area contributed by atoms with E-state index in [0.717, 1.165) is 10.0 Å². The number of amides is 1. The Morgan fingerprint density at radius 1 is 1.23 bits per heavy atom. The number of methoxy groups -OCH3 is 1. The number of fused-ring (bicyclic) bond motifs is 1. The Morgan fingerprint density at radius 2 is 1.96 bits per heavy atom. The number of nitrogens with zero attached hydrogens (tertiary/aromatic N) is 3. The summed E-state index contributed by atoms with van der Waals surface area (Å²) < 4.78 is 7.19. The second-order valence-electron chi connectivity index (χ2n) is 5.43. The van der Waals surface area contributed by atoms with Crippen LogP contribution in [0.3, 0.4) is 0 Å². The number of benzene rings is 1. The summed E-state index contributed by atoms with van der Waals surface area (Å²) in [5, 5.41) is 3.97. The van der Waals surface area contributed by atoms with Gasteiger partial charge in [-0.2, -0.15) is 5.10 Å². The molecule has 0 fully saturated rings. The van der Waals surface area contributed by atoms with Crippen molar-refractivity contribution in [2.45, 2.75) is 6.92 Å². The lowest BCUT2D eigenvalue weighted by Crippen LogP contribution is -2.20. The molecule has 0 saturated heterocycles. The van der Waals surface area contributed by atoms with Gasteiger partial charge in [0.05, 0.1) is 24.6 Å². The lowest BCUT2D eigenvalue weighted by atomic mass is 10.1. The Morgan fingerprint density at radius 3 is 2.65 bits per heavy atom. The maximum atomic E-state index is 12.5. The average Bonchev–Trinajstić information content (AvgIpc) is 2.96. The standard InChI is InChI=1S/C18H15BrN4O3/c1-11-16(23-10-14(19)7-8-15(23)21-11)17(24)22-20-9-12-3-5-13(6-4-12)18(25)26-2/h3-10H,1-2H3,(H,22,24)/b20-9+. The van der Waals surface area contributed by atoms with Crippen LogP contribution in [0.15, 0.2) is 52.2 Å². The molecule has 7 nitrogen and oxygen atoms in total. The molecule has 0 radical (unpaired) electrons. The number of aromatic nitrogens is 2. The molecule has 26 heavy (non-hydrogen) atoms. The van der Waals surface area contributed by atoms with Crippen molar-refractivity contribution >= 4 is 39.7 Å². The first kappa shape index (κ1) is 17.8. The number of carbonyl (C=O) groups excluding carboxylic acids is 2. The first-order valence-electron chi connectivity index (χ1n) is 7.65. The quantitative estimate of drug-likeness (QED) is 0.404. The van der Waals surface area contributed by atoms with E-state index < -0.39 is 5.97 Å². The van der Waals surface area contributed by atoms with E-state index in [0.29, 0.717) is 22.6 Å². The van der Waals surface area contributed by atoms with Crippen LogP contribution in [-0.2, 0) is 4.74 Å². The van der Waals surface area contributed by atoms with Gasteiger partial charge in [0.25, 0.3) is 5.91 Å². The number of carbonyl (C=O) groups is 2. The third-order valence-corrected chi connectivity index (χ3v) is 4.15. The molecule has 0 saturated carbocycles. The largest absolute Gasteiger partial charge is 0.465 e. The fourth-order valence-corrected chi connectivity index (χ4v) is 2.79. The molecule has 1 N–H and O–H groups in total. The number of esters is 1. The molecule has 8 heteroatoms. The molecule has 0 unspecified atom stereocenters. The average molecular weight is 415 g/mol. The summed E-state index contributed by atoms with van der Waals surface area (Å²) in [6, 6.07) is 10.3. The van der Waals surface area contributed by atoms with E-state index in [9.17, 15) is 9.59 Å². The summed E-state index contributed by atoms with van der Waals surface area (Å²) >= 11 is 3.39. The lowest BCUT2D eigenvalue weighted by Gasteiger charge is -2.02. The van der Waals surface area contributed by atoms with Gasteiger partial charge in [-0.05, 0) is 52.7 Å². The minimum Gasteiger partial charge on any atom is -0.465 e. The van der Waals surface area contributed by atoms with E-state index in [1.165, 1.54) is 13.3 Å². The fourth-order valence-electron chi connectivity index (χ4n) is 2.45. The van der Waals surface area contributed by atoms with Gasteiger partial charge in [-0.15, -0.1) is 0 Å². The van der Waals surface area contributed by atoms with Crippen molar-refractivity contribution in [1.29, 1.82) is 0 Å². The Labute approximate surface area is 157 Å². The van der Waals surface area contributed by atoms with E-state index in [1.54, 1.807) is 41.8 Å². The Balaban J connectivity index is 1.75. The van der Waals surface area contributed by atoms with Crippen molar-refractivity contribution < 1.29 is 14.3 Å². The molecule has 0 atom stereocenters. The van der Waals surface area contributed by atoms with Crippen LogP contribution in [-0.4, -0.2) is 34.6 Å². The third-order valence-electron chi connectivity index (χ3n) is 3.68. The number of imidazole rings is 1. The second-order valence-corrected chi connectivity index (χ2v) is 6.35. The lowest BCUT2D eigenvalue weighted by molar-refractivity contribution is 0.0600. The molecular formula is C18H15BrN4O3. The summed E-state index contributed by atoms with van der Waals surface area (Å²) in [5.41, 5.74) is 5.38. The Hall–Kier alpha value is -3.00. The van der Waals surface area contributed by atoms with Crippen LogP contribution in [0.5, 0.6) is 0 Å². The molecule has 0 aliphatic heterocycles. The summed E-state index contributed by atoms with van der Waals surface area (Å²) in [5.74, 6) is -0.772. The molecule has 2 aromatic heterocycles. The van der Waals surface area contributed by atoms with Gasteiger partial charge in [0.2, 0.25) is 0 Å². The van der Waals surface area contributed by atoms with Crippen molar-refractivity contribution in [1.82, 2.24) is 14.8 Å². The van der Waals surface area contributed by atoms with Gasteiger partial charge in [-0.1, -0.05) is 12.1 Å². The van der Waals surface area contributed by atoms with Crippen LogP contribution in [0.4, 0.5) is 0 Å². The predicted octanol–water partition coefficient (Wildman–Crippen LogP) is 2.96. The van der Waals surface area contributed by atoms with Crippen LogP contribution in [0.1, 0.15) is 32.1 Å². The predicted molar refractivity (Wildman–Crippen MR) is 100 cm³/mol. The smallest absolute Gasteiger partial charge is 0.337 e. The van der Waals surface area contributed by atoms with Crippen LogP contribution < -0.4 is 5.43 Å². The van der Waals surface area contributed by atoms with Gasteiger partial charge in [0.1, 0.15) is 11.3 Å². The zero-order chi connectivity index (χ0) is 18.7. The number of ether oxygens (including phenoxy) is 1. The number of halogens is 1. The molecule has 2 heterocycles. The van der Waals surface area contributed by atoms with Gasteiger partial charge in [-0.3, -0.25) is 9.20 Å². The van der Waals surface area contributed by atoms with Crippen LogP contribution in [0.25, 0.3) is 5.65 Å². The van der Waals surface area contributed by atoms with E-state index in [2.05, 4.69) is 36.2 Å². The zero-order valence-electron chi connectivity index (χ0n) is 14.1. The van der Waals surface area contributed by atoms with Crippen molar-refractivity contribution in [3.05, 3.63) is 69.6 Å². The maximum absolute atomic E-state index is 12.5. The number of hydrogen-bond acceptors (Lipinski definition) is 5. The highest BCUT2D eigenvalue weighted by molar-refractivity contribution is 9.10. The normalized spacial score (nSPS) is 11.0. The topological polar surface area (TPSA) is 85.1 Å². The van der Waals surface area contributed by atoms with E-state index >= 15 is 0 Å². The summed E-state index contributed by atoms with van der Waals surface area (Å²) in [6.45, 7) is 1.77. The highest BCUT2D eigenvalue weighted by Crippen LogP contribution is 2.16. The van der Waals surface area contributed by atoms with Crippen molar-refractivity contribution in [2.24, 2.45) is 5.10 Å². The van der Waals surface area contributed by atoms with Crippen molar-refractivity contribution in [3.8, 4) is 0 Å². The van der Waals surface area contributed by atoms with Gasteiger partial charge < -0.3 is 4.74 Å². The van der Waals surface area contributed by atoms with Crippen LogP contribution in [0.2, 0.25) is 0 Å². The summed E-state index contributed by atoms with van der Waals surface area (Å²) in [6.07, 6.45) is 3.27. The molecule has 0 aliphatic carbocycles. The van der Waals surface area contributed by atoms with Gasteiger partial charge in [0, 0.05) is 10.7 Å². The Kier molecular flexibility index (Phi) is 5.13. The molecule has 3 rings (SSSR count). The SMILES string of the molecule is COC(=O)c1ccc(/C=N/NC(=O)c2c(C)nc3ccc(Br)cn23)cc1. The molecule has 1 amide bonds. The fraction of sp³-hybridized carbons (Fsp3) is 0.111. The number of hydrogen-bond donors (Lipinski definition) is 1.